The Hall–Kier alpha value is -3.15. The number of para-hydroxylation sites is 1. The van der Waals surface area contributed by atoms with Crippen LogP contribution in [0.15, 0.2) is 58.8 Å². The average molecular weight is 322 g/mol. The fourth-order valence-electron chi connectivity index (χ4n) is 2.53. The minimum absolute atomic E-state index is 0.0145. The quantitative estimate of drug-likeness (QED) is 0.715. The number of nitrogens with zero attached hydrogens (tertiary/aromatic N) is 3. The molecule has 0 fully saturated rings. The summed E-state index contributed by atoms with van der Waals surface area (Å²) in [5.41, 5.74) is 3.09. The van der Waals surface area contributed by atoms with Crippen molar-refractivity contribution in [2.24, 2.45) is 17.3 Å². The van der Waals surface area contributed by atoms with Crippen LogP contribution in [0.5, 0.6) is 5.88 Å². The van der Waals surface area contributed by atoms with Gasteiger partial charge in [0.2, 0.25) is 5.88 Å². The molecule has 6 heteroatoms. The second-order valence-electron chi connectivity index (χ2n) is 5.57. The lowest BCUT2D eigenvalue weighted by Crippen LogP contribution is -2.10. The van der Waals surface area contributed by atoms with Crippen LogP contribution in [0.3, 0.4) is 0 Å². The standard InChI is InChI=1S/C18H18N4O2/c1-12-6-5-7-13(10-12)19-11-16(23)20-21-17-14-8-3-4-9-15(14)22(2)18(17)24/h3-10,19,24H,11H2,1-2H3. The average Bonchev–Trinajstić information content (AvgIpc) is 2.83. The Morgan fingerprint density at radius 3 is 2.79 bits per heavy atom. The number of aryl methyl sites for hydroxylation is 2. The number of carbonyl (C=O) groups excluding carboxylic acids is 1. The fourth-order valence-corrected chi connectivity index (χ4v) is 2.53. The van der Waals surface area contributed by atoms with Gasteiger partial charge in [0, 0.05) is 18.1 Å². The summed E-state index contributed by atoms with van der Waals surface area (Å²) in [6.07, 6.45) is 0. The van der Waals surface area contributed by atoms with Crippen LogP contribution in [0.2, 0.25) is 0 Å². The zero-order valence-corrected chi connectivity index (χ0v) is 13.5. The second-order valence-corrected chi connectivity index (χ2v) is 5.57. The van der Waals surface area contributed by atoms with E-state index in [1.807, 2.05) is 55.5 Å². The summed E-state index contributed by atoms with van der Waals surface area (Å²) in [6.45, 7) is 2.02. The van der Waals surface area contributed by atoms with E-state index >= 15 is 0 Å². The molecule has 0 bridgehead atoms. The van der Waals surface area contributed by atoms with Gasteiger partial charge in [-0.2, -0.15) is 0 Å². The van der Waals surface area contributed by atoms with E-state index in [1.165, 1.54) is 0 Å². The van der Waals surface area contributed by atoms with Gasteiger partial charge in [-0.05, 0) is 30.7 Å². The zero-order chi connectivity index (χ0) is 17.1. The van der Waals surface area contributed by atoms with E-state index in [-0.39, 0.29) is 12.4 Å². The van der Waals surface area contributed by atoms with Crippen molar-refractivity contribution < 1.29 is 9.90 Å². The number of aromatic nitrogens is 1. The van der Waals surface area contributed by atoms with Crippen molar-refractivity contribution in [2.45, 2.75) is 6.92 Å². The second kappa shape index (κ2) is 6.54. The third-order valence-electron chi connectivity index (χ3n) is 3.77. The third kappa shape index (κ3) is 3.12. The summed E-state index contributed by atoms with van der Waals surface area (Å²) < 4.78 is 1.61. The number of hydrogen-bond donors (Lipinski definition) is 2. The number of anilines is 1. The first kappa shape index (κ1) is 15.7. The molecule has 0 unspecified atom stereocenters. The Kier molecular flexibility index (Phi) is 4.29. The normalized spacial score (nSPS) is 11.2. The van der Waals surface area contributed by atoms with Crippen LogP contribution in [-0.2, 0) is 11.8 Å². The molecule has 0 saturated carbocycles. The molecule has 0 aliphatic heterocycles. The SMILES string of the molecule is Cc1cccc(NCC(=O)N=Nc2c(O)n(C)c3ccccc23)c1. The van der Waals surface area contributed by atoms with Crippen LogP contribution in [0.4, 0.5) is 11.4 Å². The van der Waals surface area contributed by atoms with Gasteiger partial charge in [-0.25, -0.2) is 0 Å². The molecule has 1 amide bonds. The molecular weight excluding hydrogens is 304 g/mol. The van der Waals surface area contributed by atoms with Gasteiger partial charge >= 0.3 is 0 Å². The minimum Gasteiger partial charge on any atom is -0.493 e. The number of fused-ring (bicyclic) bond motifs is 1. The number of rotatable bonds is 4. The van der Waals surface area contributed by atoms with E-state index in [9.17, 15) is 9.90 Å². The highest BCUT2D eigenvalue weighted by atomic mass is 16.3. The molecule has 0 atom stereocenters. The monoisotopic (exact) mass is 322 g/mol. The summed E-state index contributed by atoms with van der Waals surface area (Å²) in [6, 6.07) is 15.2. The predicted octanol–water partition coefficient (Wildman–Crippen LogP) is 3.91. The molecular formula is C18H18N4O2. The molecule has 1 aromatic heterocycles. The third-order valence-corrected chi connectivity index (χ3v) is 3.77. The summed E-state index contributed by atoms with van der Waals surface area (Å²) in [5, 5.41) is 21.6. The highest BCUT2D eigenvalue weighted by molar-refractivity contribution is 5.95. The minimum atomic E-state index is -0.413. The van der Waals surface area contributed by atoms with Crippen LogP contribution < -0.4 is 5.32 Å². The summed E-state index contributed by atoms with van der Waals surface area (Å²) >= 11 is 0. The van der Waals surface area contributed by atoms with Gasteiger partial charge in [-0.15, -0.1) is 10.2 Å². The maximum Gasteiger partial charge on any atom is 0.283 e. The van der Waals surface area contributed by atoms with Crippen molar-refractivity contribution in [1.82, 2.24) is 4.57 Å². The summed E-state index contributed by atoms with van der Waals surface area (Å²) in [4.78, 5) is 11.9. The first-order valence-corrected chi connectivity index (χ1v) is 7.58. The lowest BCUT2D eigenvalue weighted by molar-refractivity contribution is -0.116. The number of nitrogens with one attached hydrogen (secondary N) is 1. The molecule has 0 radical (unpaired) electrons. The maximum absolute atomic E-state index is 11.9. The topological polar surface area (TPSA) is 79.0 Å². The molecule has 24 heavy (non-hydrogen) atoms. The first-order valence-electron chi connectivity index (χ1n) is 7.58. The molecule has 2 N–H and O–H groups in total. The lowest BCUT2D eigenvalue weighted by atomic mass is 10.2. The van der Waals surface area contributed by atoms with Gasteiger partial charge < -0.3 is 15.0 Å². The first-order chi connectivity index (χ1) is 11.6. The van der Waals surface area contributed by atoms with Crippen molar-refractivity contribution in [3.8, 4) is 5.88 Å². The molecule has 0 aliphatic rings. The Balaban J connectivity index is 1.74. The molecule has 3 aromatic rings. The zero-order valence-electron chi connectivity index (χ0n) is 13.5. The van der Waals surface area contributed by atoms with Crippen LogP contribution in [0.25, 0.3) is 10.9 Å². The molecule has 3 rings (SSSR count). The summed E-state index contributed by atoms with van der Waals surface area (Å²) in [5.74, 6) is -0.428. The lowest BCUT2D eigenvalue weighted by Gasteiger charge is -2.03. The maximum atomic E-state index is 11.9. The molecule has 0 saturated heterocycles. The smallest absolute Gasteiger partial charge is 0.283 e. The number of aromatic hydroxyl groups is 1. The van der Waals surface area contributed by atoms with Crippen molar-refractivity contribution in [3.05, 3.63) is 54.1 Å². The molecule has 6 nitrogen and oxygen atoms in total. The predicted molar refractivity (Wildman–Crippen MR) is 93.8 cm³/mol. The Bertz CT molecular complexity index is 928. The summed E-state index contributed by atoms with van der Waals surface area (Å²) in [7, 11) is 1.73. The van der Waals surface area contributed by atoms with E-state index < -0.39 is 5.91 Å². The number of amides is 1. The van der Waals surface area contributed by atoms with E-state index in [2.05, 4.69) is 15.5 Å². The number of hydrogen-bond acceptors (Lipinski definition) is 4. The number of benzene rings is 2. The molecule has 1 heterocycles. The van der Waals surface area contributed by atoms with Crippen molar-refractivity contribution in [1.29, 1.82) is 0 Å². The Labute approximate surface area is 139 Å². The van der Waals surface area contributed by atoms with Crippen molar-refractivity contribution >= 4 is 28.2 Å². The van der Waals surface area contributed by atoms with Crippen molar-refractivity contribution in [3.63, 3.8) is 0 Å². The number of azo groups is 1. The van der Waals surface area contributed by atoms with Crippen LogP contribution in [0.1, 0.15) is 5.56 Å². The van der Waals surface area contributed by atoms with E-state index in [4.69, 9.17) is 0 Å². The van der Waals surface area contributed by atoms with E-state index in [1.54, 1.807) is 11.6 Å². The highest BCUT2D eigenvalue weighted by Crippen LogP contribution is 2.37. The molecule has 122 valence electrons. The van der Waals surface area contributed by atoms with Gasteiger partial charge in [0.05, 0.1) is 12.1 Å². The van der Waals surface area contributed by atoms with Crippen LogP contribution >= 0.6 is 0 Å². The van der Waals surface area contributed by atoms with Crippen LogP contribution in [0, 0.1) is 6.92 Å². The number of carbonyl (C=O) groups is 1. The molecule has 0 spiro atoms. The van der Waals surface area contributed by atoms with Gasteiger partial charge in [-0.1, -0.05) is 30.3 Å². The fraction of sp³-hybridized carbons (Fsp3) is 0.167. The molecule has 0 aliphatic carbocycles. The van der Waals surface area contributed by atoms with Gasteiger partial charge in [0.25, 0.3) is 5.91 Å². The van der Waals surface area contributed by atoms with Gasteiger partial charge in [0.1, 0.15) is 0 Å². The van der Waals surface area contributed by atoms with E-state index in [0.717, 1.165) is 22.2 Å². The Morgan fingerprint density at radius 1 is 1.21 bits per heavy atom. The largest absolute Gasteiger partial charge is 0.493 e. The van der Waals surface area contributed by atoms with E-state index in [0.29, 0.717) is 5.69 Å². The molecule has 2 aromatic carbocycles. The Morgan fingerprint density at radius 2 is 2.00 bits per heavy atom. The van der Waals surface area contributed by atoms with Crippen LogP contribution in [-0.4, -0.2) is 22.1 Å². The van der Waals surface area contributed by atoms with Gasteiger partial charge in [-0.3, -0.25) is 4.79 Å². The highest BCUT2D eigenvalue weighted by Gasteiger charge is 2.13. The van der Waals surface area contributed by atoms with Crippen molar-refractivity contribution in [2.75, 3.05) is 11.9 Å². The van der Waals surface area contributed by atoms with Gasteiger partial charge in [0.15, 0.2) is 5.69 Å².